The standard InChI is InChI=1S/C28H28F3N5O/c29-28(30,31)20-10-13-23(25(16-20)37-18-19-6-2-1-3-7-19)26-24-9-5-15-36(24)27(34-33-26)32-21-8-4-14-35(17-21)22-11-12-22/h1-3,5-7,9-10,13,15-16,21-22H,4,8,11-12,14,17-18H2,(H,32,34)/t21-/m1/s1. The van der Waals surface area contributed by atoms with Crippen LogP contribution in [-0.4, -0.2) is 44.7 Å². The van der Waals surface area contributed by atoms with Crippen molar-refractivity contribution < 1.29 is 17.9 Å². The minimum Gasteiger partial charge on any atom is -0.488 e. The molecule has 192 valence electrons. The first-order valence-electron chi connectivity index (χ1n) is 12.7. The zero-order valence-corrected chi connectivity index (χ0v) is 20.3. The van der Waals surface area contributed by atoms with E-state index >= 15 is 0 Å². The molecule has 6 rings (SSSR count). The zero-order chi connectivity index (χ0) is 25.4. The van der Waals surface area contributed by atoms with Crippen molar-refractivity contribution in [1.29, 1.82) is 0 Å². The van der Waals surface area contributed by atoms with Crippen LogP contribution < -0.4 is 10.1 Å². The molecule has 2 fully saturated rings. The van der Waals surface area contributed by atoms with Crippen LogP contribution in [0.4, 0.5) is 19.1 Å². The number of anilines is 1. The molecule has 1 aliphatic heterocycles. The number of benzene rings is 2. The summed E-state index contributed by atoms with van der Waals surface area (Å²) in [5, 5.41) is 12.5. The van der Waals surface area contributed by atoms with E-state index in [1.807, 2.05) is 53.1 Å². The molecule has 0 amide bonds. The van der Waals surface area contributed by atoms with Crippen LogP contribution in [0.5, 0.6) is 5.75 Å². The number of aromatic nitrogens is 3. The van der Waals surface area contributed by atoms with Gasteiger partial charge < -0.3 is 10.1 Å². The van der Waals surface area contributed by atoms with Gasteiger partial charge in [-0.25, -0.2) is 0 Å². The van der Waals surface area contributed by atoms with Crippen molar-refractivity contribution in [2.75, 3.05) is 18.4 Å². The number of ether oxygens (including phenoxy) is 1. The summed E-state index contributed by atoms with van der Waals surface area (Å²) in [5.74, 6) is 0.745. The minimum absolute atomic E-state index is 0.115. The number of piperidine rings is 1. The minimum atomic E-state index is -4.48. The van der Waals surface area contributed by atoms with Gasteiger partial charge in [0.15, 0.2) is 0 Å². The number of nitrogens with one attached hydrogen (secondary N) is 1. The molecule has 37 heavy (non-hydrogen) atoms. The number of rotatable bonds is 7. The fraction of sp³-hybridized carbons (Fsp3) is 0.357. The SMILES string of the molecule is FC(F)(F)c1ccc(-c2nnc(N[C@@H]3CCCN(C4CC4)C3)n3cccc23)c(OCc2ccccc2)c1. The van der Waals surface area contributed by atoms with Crippen LogP contribution in [0.1, 0.15) is 36.8 Å². The summed E-state index contributed by atoms with van der Waals surface area (Å²) in [4.78, 5) is 2.55. The number of nitrogens with zero attached hydrogens (tertiary/aromatic N) is 4. The maximum absolute atomic E-state index is 13.5. The molecule has 1 saturated heterocycles. The van der Waals surface area contributed by atoms with Gasteiger partial charge in [0.05, 0.1) is 11.1 Å². The normalized spacial score (nSPS) is 18.7. The van der Waals surface area contributed by atoms with Gasteiger partial charge in [-0.15, -0.1) is 10.2 Å². The predicted octanol–water partition coefficient (Wildman–Crippen LogP) is 6.03. The third kappa shape index (κ3) is 5.13. The van der Waals surface area contributed by atoms with E-state index in [1.54, 1.807) is 0 Å². The Bertz CT molecular complexity index is 1380. The number of halogens is 3. The Kier molecular flexibility index (Phi) is 6.24. The van der Waals surface area contributed by atoms with Crippen LogP contribution in [-0.2, 0) is 12.8 Å². The largest absolute Gasteiger partial charge is 0.488 e. The van der Waals surface area contributed by atoms with Crippen molar-refractivity contribution in [2.45, 2.75) is 50.6 Å². The molecule has 3 heterocycles. The number of hydrogen-bond acceptors (Lipinski definition) is 5. The molecule has 6 nitrogen and oxygen atoms in total. The van der Waals surface area contributed by atoms with Gasteiger partial charge in [0, 0.05) is 30.4 Å². The molecule has 2 aromatic carbocycles. The second-order valence-corrected chi connectivity index (χ2v) is 9.83. The number of likely N-dealkylation sites (tertiary alicyclic amines) is 1. The van der Waals surface area contributed by atoms with Crippen molar-refractivity contribution in [1.82, 2.24) is 19.5 Å². The van der Waals surface area contributed by atoms with Crippen LogP contribution >= 0.6 is 0 Å². The first kappa shape index (κ1) is 23.8. The van der Waals surface area contributed by atoms with E-state index in [0.29, 0.717) is 17.2 Å². The quantitative estimate of drug-likeness (QED) is 0.331. The highest BCUT2D eigenvalue weighted by Gasteiger charge is 2.33. The topological polar surface area (TPSA) is 54.7 Å². The molecule has 2 aliphatic rings. The Hall–Kier alpha value is -3.59. The molecule has 2 aromatic heterocycles. The number of alkyl halides is 3. The van der Waals surface area contributed by atoms with Crippen molar-refractivity contribution in [3.8, 4) is 17.0 Å². The van der Waals surface area contributed by atoms with Crippen molar-refractivity contribution in [3.05, 3.63) is 78.0 Å². The number of fused-ring (bicyclic) bond motifs is 1. The molecule has 0 radical (unpaired) electrons. The van der Waals surface area contributed by atoms with Gasteiger partial charge in [-0.3, -0.25) is 9.30 Å². The van der Waals surface area contributed by atoms with E-state index in [0.717, 1.165) is 55.2 Å². The average molecular weight is 508 g/mol. The fourth-order valence-electron chi connectivity index (χ4n) is 5.07. The summed E-state index contributed by atoms with van der Waals surface area (Å²) < 4.78 is 48.4. The highest BCUT2D eigenvalue weighted by atomic mass is 19.4. The molecular weight excluding hydrogens is 479 g/mol. The smallest absolute Gasteiger partial charge is 0.416 e. The second-order valence-electron chi connectivity index (χ2n) is 9.83. The van der Waals surface area contributed by atoms with Crippen LogP contribution in [0.15, 0.2) is 66.9 Å². The molecule has 1 saturated carbocycles. The third-order valence-corrected chi connectivity index (χ3v) is 7.11. The average Bonchev–Trinajstić information content (AvgIpc) is 3.64. The van der Waals surface area contributed by atoms with E-state index in [2.05, 4.69) is 20.4 Å². The van der Waals surface area contributed by atoms with E-state index in [-0.39, 0.29) is 18.4 Å². The molecule has 0 bridgehead atoms. The molecule has 1 atom stereocenters. The molecule has 1 aliphatic carbocycles. The lowest BCUT2D eigenvalue weighted by Crippen LogP contribution is -2.43. The van der Waals surface area contributed by atoms with Crippen LogP contribution in [0, 0.1) is 0 Å². The van der Waals surface area contributed by atoms with Gasteiger partial charge in [-0.2, -0.15) is 13.2 Å². The molecule has 0 spiro atoms. The second kappa shape index (κ2) is 9.70. The summed E-state index contributed by atoms with van der Waals surface area (Å²) in [6.45, 7) is 2.26. The van der Waals surface area contributed by atoms with Crippen LogP contribution in [0.25, 0.3) is 16.8 Å². The van der Waals surface area contributed by atoms with E-state index in [9.17, 15) is 13.2 Å². The van der Waals surface area contributed by atoms with Gasteiger partial charge in [0.2, 0.25) is 5.95 Å². The Morgan fingerprint density at radius 1 is 0.973 bits per heavy atom. The lowest BCUT2D eigenvalue weighted by atomic mass is 10.1. The maximum Gasteiger partial charge on any atom is 0.416 e. The van der Waals surface area contributed by atoms with E-state index in [4.69, 9.17) is 4.74 Å². The summed E-state index contributed by atoms with van der Waals surface area (Å²) in [5.41, 5.74) is 1.77. The summed E-state index contributed by atoms with van der Waals surface area (Å²) in [6, 6.07) is 17.6. The summed E-state index contributed by atoms with van der Waals surface area (Å²) in [7, 11) is 0. The Morgan fingerprint density at radius 3 is 2.59 bits per heavy atom. The molecule has 0 unspecified atom stereocenters. The number of hydrogen-bond donors (Lipinski definition) is 1. The fourth-order valence-corrected chi connectivity index (χ4v) is 5.07. The van der Waals surface area contributed by atoms with Crippen LogP contribution in [0.2, 0.25) is 0 Å². The molecular formula is C28H28F3N5O. The van der Waals surface area contributed by atoms with Crippen molar-refractivity contribution >= 4 is 11.5 Å². The Balaban J connectivity index is 1.32. The zero-order valence-electron chi connectivity index (χ0n) is 20.3. The highest BCUT2D eigenvalue weighted by molar-refractivity contribution is 5.81. The maximum atomic E-state index is 13.5. The first-order chi connectivity index (χ1) is 18.0. The monoisotopic (exact) mass is 507 g/mol. The molecule has 9 heteroatoms. The predicted molar refractivity (Wildman–Crippen MR) is 135 cm³/mol. The Labute approximate surface area is 213 Å². The van der Waals surface area contributed by atoms with Gasteiger partial charge in [0.25, 0.3) is 0 Å². The van der Waals surface area contributed by atoms with Gasteiger partial charge in [0.1, 0.15) is 18.1 Å². The molecule has 4 aromatic rings. The van der Waals surface area contributed by atoms with Gasteiger partial charge in [-0.1, -0.05) is 30.3 Å². The molecule has 1 N–H and O–H groups in total. The van der Waals surface area contributed by atoms with E-state index in [1.165, 1.54) is 18.9 Å². The summed E-state index contributed by atoms with van der Waals surface area (Å²) in [6.07, 6.45) is 2.18. The van der Waals surface area contributed by atoms with Gasteiger partial charge in [-0.05, 0) is 68.1 Å². The first-order valence-corrected chi connectivity index (χ1v) is 12.7. The lowest BCUT2D eigenvalue weighted by Gasteiger charge is -2.33. The summed E-state index contributed by atoms with van der Waals surface area (Å²) >= 11 is 0. The van der Waals surface area contributed by atoms with Crippen molar-refractivity contribution in [3.63, 3.8) is 0 Å². The lowest BCUT2D eigenvalue weighted by molar-refractivity contribution is -0.137. The van der Waals surface area contributed by atoms with E-state index < -0.39 is 11.7 Å². The third-order valence-electron chi connectivity index (χ3n) is 7.11. The Morgan fingerprint density at radius 2 is 1.81 bits per heavy atom. The van der Waals surface area contributed by atoms with Crippen LogP contribution in [0.3, 0.4) is 0 Å². The van der Waals surface area contributed by atoms with Gasteiger partial charge >= 0.3 is 6.18 Å². The van der Waals surface area contributed by atoms with Crippen molar-refractivity contribution in [2.24, 2.45) is 0 Å². The highest BCUT2D eigenvalue weighted by Crippen LogP contribution is 2.38.